The molecule has 1 aliphatic carbocycles. The Hall–Kier alpha value is -3.78. The van der Waals surface area contributed by atoms with Gasteiger partial charge in [0.1, 0.15) is 5.75 Å². The number of halogens is 1. The fraction of sp³-hybridized carbons (Fsp3) is 0.136. The van der Waals surface area contributed by atoms with E-state index in [0.29, 0.717) is 39.8 Å². The molecule has 0 bridgehead atoms. The molecule has 156 valence electrons. The normalized spacial score (nSPS) is 15.4. The summed E-state index contributed by atoms with van der Waals surface area (Å²) in [5, 5.41) is 8.84. The number of methoxy groups -OCH3 is 1. The molecule has 1 aliphatic rings. The van der Waals surface area contributed by atoms with E-state index in [9.17, 15) is 9.59 Å². The number of fused-ring (bicyclic) bond motifs is 1. The highest BCUT2D eigenvalue weighted by Gasteiger charge is 2.35. The lowest BCUT2D eigenvalue weighted by Crippen LogP contribution is -2.38. The van der Waals surface area contributed by atoms with Crippen molar-refractivity contribution in [3.05, 3.63) is 96.8 Å². The van der Waals surface area contributed by atoms with E-state index in [4.69, 9.17) is 20.9 Å². The zero-order valence-electron chi connectivity index (χ0n) is 16.4. The second kappa shape index (κ2) is 7.48. The molecular weight excluding hydrogens is 420 g/mol. The van der Waals surface area contributed by atoms with Crippen molar-refractivity contribution in [2.24, 2.45) is 0 Å². The zero-order chi connectivity index (χ0) is 21.5. The third kappa shape index (κ3) is 3.30. The molecule has 0 unspecified atom stereocenters. The van der Waals surface area contributed by atoms with Gasteiger partial charge in [-0.15, -0.1) is 0 Å². The van der Waals surface area contributed by atoms with Crippen LogP contribution in [0.15, 0.2) is 62.6 Å². The van der Waals surface area contributed by atoms with E-state index in [-0.39, 0.29) is 11.5 Å². The van der Waals surface area contributed by atoms with Crippen LogP contribution in [0.5, 0.6) is 5.75 Å². The molecule has 0 saturated carbocycles. The molecule has 0 amide bonds. The number of ether oxygens (including phenoxy) is 1. The molecule has 2 heterocycles. The molecule has 5 rings (SSSR count). The van der Waals surface area contributed by atoms with Gasteiger partial charge in [-0.1, -0.05) is 23.7 Å². The minimum absolute atomic E-state index is 0.186. The number of rotatable bonds is 4. The van der Waals surface area contributed by atoms with Gasteiger partial charge in [0.2, 0.25) is 5.69 Å². The van der Waals surface area contributed by atoms with Crippen LogP contribution in [-0.2, 0) is 0 Å². The maximum absolute atomic E-state index is 12.7. The van der Waals surface area contributed by atoms with Gasteiger partial charge in [-0.2, -0.15) is 0 Å². The van der Waals surface area contributed by atoms with Crippen LogP contribution in [0, 0.1) is 0 Å². The highest BCUT2D eigenvalue weighted by Crippen LogP contribution is 2.38. The Balaban J connectivity index is 1.64. The topological polar surface area (TPSA) is 108 Å². The van der Waals surface area contributed by atoms with E-state index in [1.807, 2.05) is 24.3 Å². The minimum atomic E-state index is -0.502. The average Bonchev–Trinajstić information content (AvgIpc) is 3.36. The average molecular weight is 438 g/mol. The lowest BCUT2D eigenvalue weighted by atomic mass is 9.81. The third-order valence-corrected chi connectivity index (χ3v) is 5.74. The fourth-order valence-corrected chi connectivity index (χ4v) is 4.13. The van der Waals surface area contributed by atoms with Crippen molar-refractivity contribution < 1.29 is 13.9 Å². The van der Waals surface area contributed by atoms with Crippen LogP contribution in [0.4, 0.5) is 0 Å². The first-order chi connectivity index (χ1) is 15.0. The Morgan fingerprint density at radius 3 is 2.52 bits per heavy atom. The van der Waals surface area contributed by atoms with Crippen LogP contribution >= 0.6 is 11.6 Å². The lowest BCUT2D eigenvalue weighted by molar-refractivity contribution is -0.672. The van der Waals surface area contributed by atoms with Crippen molar-refractivity contribution in [1.82, 2.24) is 15.5 Å². The van der Waals surface area contributed by atoms with Crippen molar-refractivity contribution in [1.29, 1.82) is 0 Å². The van der Waals surface area contributed by atoms with Gasteiger partial charge in [0.25, 0.3) is 5.56 Å². The first-order valence-corrected chi connectivity index (χ1v) is 9.98. The molecule has 0 radical (unpaired) electrons. The third-order valence-electron chi connectivity index (χ3n) is 5.49. The molecule has 3 N–H and O–H groups in total. The van der Waals surface area contributed by atoms with Gasteiger partial charge in [0.05, 0.1) is 18.4 Å². The van der Waals surface area contributed by atoms with E-state index >= 15 is 0 Å². The summed E-state index contributed by atoms with van der Waals surface area (Å²) in [6.45, 7) is 0. The first kappa shape index (κ1) is 19.2. The minimum Gasteiger partial charge on any atom is -0.497 e. The van der Waals surface area contributed by atoms with Gasteiger partial charge in [-0.3, -0.25) is 19.5 Å². The Kier molecular flexibility index (Phi) is 4.63. The largest absolute Gasteiger partial charge is 0.497 e. The van der Waals surface area contributed by atoms with Gasteiger partial charge >= 0.3 is 11.3 Å². The number of allylic oxidation sites excluding steroid dienone is 1. The summed E-state index contributed by atoms with van der Waals surface area (Å²) in [6, 6.07) is 14.6. The number of nitrogens with zero attached hydrogens (tertiary/aromatic N) is 1. The van der Waals surface area contributed by atoms with Gasteiger partial charge in [-0.25, -0.2) is 4.79 Å². The predicted octanol–water partition coefficient (Wildman–Crippen LogP) is 3.00. The molecule has 4 aromatic rings. The van der Waals surface area contributed by atoms with Crippen LogP contribution in [0.1, 0.15) is 34.9 Å². The number of benzene rings is 2. The van der Waals surface area contributed by atoms with E-state index in [2.05, 4.69) is 15.5 Å². The molecule has 9 heteroatoms. The Bertz CT molecular complexity index is 1390. The summed E-state index contributed by atoms with van der Waals surface area (Å²) >= 11 is 6.05. The van der Waals surface area contributed by atoms with Gasteiger partial charge in [0, 0.05) is 28.6 Å². The van der Waals surface area contributed by atoms with E-state index < -0.39 is 5.63 Å². The van der Waals surface area contributed by atoms with Crippen molar-refractivity contribution in [2.75, 3.05) is 7.11 Å². The summed E-state index contributed by atoms with van der Waals surface area (Å²) in [6.07, 6.45) is 2.24. The summed E-state index contributed by atoms with van der Waals surface area (Å²) < 4.78 is 11.9. The van der Waals surface area contributed by atoms with E-state index in [1.54, 1.807) is 42.1 Å². The number of aromatic amines is 3. The molecule has 31 heavy (non-hydrogen) atoms. The van der Waals surface area contributed by atoms with Crippen molar-refractivity contribution >= 4 is 23.3 Å². The monoisotopic (exact) mass is 437 g/mol. The molecule has 0 aliphatic heterocycles. The summed E-state index contributed by atoms with van der Waals surface area (Å²) in [7, 11) is 1.59. The summed E-state index contributed by atoms with van der Waals surface area (Å²) in [5.41, 5.74) is 3.30. The summed E-state index contributed by atoms with van der Waals surface area (Å²) in [5.74, 6) is 0.451. The van der Waals surface area contributed by atoms with Crippen LogP contribution in [-0.4, -0.2) is 22.6 Å². The zero-order valence-corrected chi connectivity index (χ0v) is 17.2. The SMILES string of the molecule is COc1ccc(-[n+]2[nH]oc(=O)c2C2=Cc3[nH][nH]c(=O)c3[C@@H](c3ccc(Cl)cc3)C2)cc1. The molecule has 0 saturated heterocycles. The Labute approximate surface area is 180 Å². The molecule has 2 aromatic carbocycles. The number of nitrogens with one attached hydrogen (secondary N) is 3. The van der Waals surface area contributed by atoms with Crippen molar-refractivity contribution in [2.45, 2.75) is 12.3 Å². The Morgan fingerprint density at radius 1 is 1.06 bits per heavy atom. The second-order valence-corrected chi connectivity index (χ2v) is 7.68. The maximum atomic E-state index is 12.7. The molecule has 0 spiro atoms. The van der Waals surface area contributed by atoms with Crippen LogP contribution in [0.2, 0.25) is 5.02 Å². The first-order valence-electron chi connectivity index (χ1n) is 9.60. The quantitative estimate of drug-likeness (QED) is 0.426. The number of aromatic nitrogens is 4. The molecular formula is C22H18ClN4O4+. The van der Waals surface area contributed by atoms with Crippen molar-refractivity contribution in [3.8, 4) is 11.4 Å². The molecule has 8 nitrogen and oxygen atoms in total. The predicted molar refractivity (Wildman–Crippen MR) is 115 cm³/mol. The standard InChI is InChI=1S/C22H17ClN4O4/c1-30-16-8-6-15(7-9-16)27-20(22(29)31-26-27)13-10-17(12-2-4-14(23)5-3-12)19-18(11-13)24-25-21(19)28/h2-9,11,17,26H,10H2,1H3,(H,28,29)/p+1/t17-/m1/s1. The number of hydrogen-bond donors (Lipinski definition) is 3. The fourth-order valence-electron chi connectivity index (χ4n) is 4.00. The van der Waals surface area contributed by atoms with Gasteiger partial charge in [-0.05, 0) is 52.3 Å². The van der Waals surface area contributed by atoms with Gasteiger partial charge < -0.3 is 4.74 Å². The van der Waals surface area contributed by atoms with Crippen molar-refractivity contribution in [3.63, 3.8) is 0 Å². The highest BCUT2D eigenvalue weighted by atomic mass is 35.5. The second-order valence-electron chi connectivity index (χ2n) is 7.25. The number of hydrogen-bond acceptors (Lipinski definition) is 4. The van der Waals surface area contributed by atoms with Gasteiger partial charge in [0.15, 0.2) is 0 Å². The summed E-state index contributed by atoms with van der Waals surface area (Å²) in [4.78, 5) is 25.1. The van der Waals surface area contributed by atoms with E-state index in [1.165, 1.54) is 0 Å². The van der Waals surface area contributed by atoms with Crippen LogP contribution in [0.25, 0.3) is 17.3 Å². The smallest absolute Gasteiger partial charge is 0.435 e. The van der Waals surface area contributed by atoms with Crippen LogP contribution < -0.4 is 20.6 Å². The molecule has 1 atom stereocenters. The molecule has 2 aromatic heterocycles. The lowest BCUT2D eigenvalue weighted by Gasteiger charge is -2.20. The van der Waals surface area contributed by atoms with Crippen LogP contribution in [0.3, 0.4) is 0 Å². The molecule has 0 fully saturated rings. The maximum Gasteiger partial charge on any atom is 0.435 e. The number of H-pyrrole nitrogens is 3. The Morgan fingerprint density at radius 2 is 1.81 bits per heavy atom. The highest BCUT2D eigenvalue weighted by molar-refractivity contribution is 6.30. The van der Waals surface area contributed by atoms with E-state index in [0.717, 1.165) is 11.1 Å².